The first-order valence-corrected chi connectivity index (χ1v) is 15.3. The summed E-state index contributed by atoms with van der Waals surface area (Å²) in [6.07, 6.45) is 3.06. The molecule has 2 aromatic carbocycles. The molecule has 224 valence electrons. The molecule has 2 aromatic heterocycles. The van der Waals surface area contributed by atoms with E-state index in [1.807, 2.05) is 32.0 Å². The highest BCUT2D eigenvalue weighted by molar-refractivity contribution is 7.92. The smallest absolute Gasteiger partial charge is 0.264 e. The van der Waals surface area contributed by atoms with Crippen LogP contribution in [-0.4, -0.2) is 56.9 Å². The number of carbonyl (C=O) groups is 1. The number of carbonyl (C=O) groups excluding carboxylic acids is 1. The Kier molecular flexibility index (Phi) is 8.06. The average Bonchev–Trinajstić information content (AvgIpc) is 2.93. The molecule has 1 amide bonds. The van der Waals surface area contributed by atoms with Gasteiger partial charge in [0.25, 0.3) is 15.9 Å². The van der Waals surface area contributed by atoms with Crippen molar-refractivity contribution in [1.82, 2.24) is 24.8 Å². The van der Waals surface area contributed by atoms with Crippen molar-refractivity contribution < 1.29 is 23.1 Å². The first kappa shape index (κ1) is 29.9. The van der Waals surface area contributed by atoms with Crippen LogP contribution in [0.5, 0.6) is 11.6 Å². The molecule has 0 aliphatic carbocycles. The highest BCUT2D eigenvalue weighted by Crippen LogP contribution is 2.31. The minimum absolute atomic E-state index is 0.00112. The Balaban J connectivity index is 1.68. The monoisotopic (exact) mass is 602 g/mol. The quantitative estimate of drug-likeness (QED) is 0.333. The minimum atomic E-state index is -4.18. The van der Waals surface area contributed by atoms with Crippen molar-refractivity contribution in [2.45, 2.75) is 58.5 Å². The summed E-state index contributed by atoms with van der Waals surface area (Å²) in [6.45, 7) is 10.2. The summed E-state index contributed by atoms with van der Waals surface area (Å²) in [7, 11) is -4.18. The van der Waals surface area contributed by atoms with Gasteiger partial charge in [0, 0.05) is 17.2 Å². The lowest BCUT2D eigenvalue weighted by Gasteiger charge is -2.35. The van der Waals surface area contributed by atoms with Crippen LogP contribution in [0.25, 0.3) is 11.3 Å². The van der Waals surface area contributed by atoms with Gasteiger partial charge in [-0.25, -0.2) is 28.1 Å². The number of ether oxygens (including phenoxy) is 1. The van der Waals surface area contributed by atoms with Crippen molar-refractivity contribution in [2.75, 3.05) is 11.3 Å². The van der Waals surface area contributed by atoms with Crippen LogP contribution in [0.15, 0.2) is 65.8 Å². The fourth-order valence-electron chi connectivity index (χ4n) is 5.13. The van der Waals surface area contributed by atoms with E-state index in [1.54, 1.807) is 17.0 Å². The number of aryl methyl sites for hydroxylation is 2. The van der Waals surface area contributed by atoms with E-state index >= 15 is 0 Å². The lowest BCUT2D eigenvalue weighted by molar-refractivity contribution is 0.0505. The number of hydrogen-bond donors (Lipinski definition) is 2. The molecule has 0 saturated heterocycles. The largest absolute Gasteiger partial charge is 0.505 e. The zero-order valence-corrected chi connectivity index (χ0v) is 25.5. The Morgan fingerprint density at radius 2 is 1.70 bits per heavy atom. The molecule has 0 radical (unpaired) electrons. The molecule has 0 saturated carbocycles. The van der Waals surface area contributed by atoms with E-state index in [9.17, 15) is 18.3 Å². The first-order valence-electron chi connectivity index (χ1n) is 13.8. The molecule has 2 N–H and O–H groups in total. The van der Waals surface area contributed by atoms with Crippen LogP contribution in [0.2, 0.25) is 0 Å². The molecule has 1 aliphatic rings. The van der Waals surface area contributed by atoms with E-state index in [1.165, 1.54) is 30.6 Å². The summed E-state index contributed by atoms with van der Waals surface area (Å²) in [5, 5.41) is 9.70. The Morgan fingerprint density at radius 1 is 1.02 bits per heavy atom. The molecule has 1 atom stereocenters. The number of sulfonamides is 1. The van der Waals surface area contributed by atoms with Crippen LogP contribution in [0, 0.1) is 19.3 Å². The van der Waals surface area contributed by atoms with Crippen LogP contribution in [0.1, 0.15) is 54.5 Å². The zero-order chi connectivity index (χ0) is 30.9. The molecule has 43 heavy (non-hydrogen) atoms. The van der Waals surface area contributed by atoms with Crippen LogP contribution >= 0.6 is 0 Å². The fourth-order valence-corrected chi connectivity index (χ4v) is 6.12. The molecule has 12 heteroatoms. The van der Waals surface area contributed by atoms with Crippen molar-refractivity contribution in [2.24, 2.45) is 5.41 Å². The number of benzene rings is 2. The normalized spacial score (nSPS) is 16.7. The molecule has 1 aliphatic heterocycles. The van der Waals surface area contributed by atoms with E-state index in [4.69, 9.17) is 4.74 Å². The molecule has 0 unspecified atom stereocenters. The van der Waals surface area contributed by atoms with Gasteiger partial charge in [-0.2, -0.15) is 4.98 Å². The van der Waals surface area contributed by atoms with E-state index in [2.05, 4.69) is 45.4 Å². The van der Waals surface area contributed by atoms with Crippen molar-refractivity contribution in [3.05, 3.63) is 83.4 Å². The summed E-state index contributed by atoms with van der Waals surface area (Å²) in [4.78, 5) is 32.9. The van der Waals surface area contributed by atoms with E-state index < -0.39 is 22.0 Å². The molecule has 5 rings (SSSR count). The number of hydrogen-bond acceptors (Lipinski definition) is 9. The number of anilines is 1. The van der Waals surface area contributed by atoms with E-state index in [0.717, 1.165) is 16.7 Å². The van der Waals surface area contributed by atoms with Crippen molar-refractivity contribution in [3.63, 3.8) is 0 Å². The van der Waals surface area contributed by atoms with Gasteiger partial charge in [0.2, 0.25) is 11.8 Å². The molecular formula is C31H34N6O5S. The summed E-state index contributed by atoms with van der Waals surface area (Å²) in [5.74, 6) is -0.197. The maximum Gasteiger partial charge on any atom is 0.264 e. The third-order valence-electron chi connectivity index (χ3n) is 7.03. The third-order valence-corrected chi connectivity index (χ3v) is 8.36. The number of nitrogens with zero attached hydrogens (tertiary/aromatic N) is 5. The van der Waals surface area contributed by atoms with Gasteiger partial charge in [0.05, 0.1) is 35.6 Å². The van der Waals surface area contributed by atoms with Gasteiger partial charge < -0.3 is 14.7 Å². The Labute approximate surface area is 251 Å². The highest BCUT2D eigenvalue weighted by Gasteiger charge is 2.32. The van der Waals surface area contributed by atoms with Gasteiger partial charge in [-0.05, 0) is 55.0 Å². The molecule has 0 spiro atoms. The van der Waals surface area contributed by atoms with E-state index in [-0.39, 0.29) is 46.6 Å². The second-order valence-corrected chi connectivity index (χ2v) is 13.5. The van der Waals surface area contributed by atoms with Crippen molar-refractivity contribution in [1.29, 1.82) is 0 Å². The molecular weight excluding hydrogens is 568 g/mol. The number of nitrogens with one attached hydrogen (secondary N) is 1. The Morgan fingerprint density at radius 3 is 2.37 bits per heavy atom. The van der Waals surface area contributed by atoms with Gasteiger partial charge in [-0.3, -0.25) is 4.79 Å². The van der Waals surface area contributed by atoms with Crippen molar-refractivity contribution >= 4 is 21.9 Å². The number of aromatic nitrogens is 4. The topological polar surface area (TPSA) is 148 Å². The van der Waals surface area contributed by atoms with Gasteiger partial charge in [0.15, 0.2) is 5.75 Å². The molecule has 3 heterocycles. The number of rotatable bonds is 4. The van der Waals surface area contributed by atoms with Gasteiger partial charge in [-0.15, -0.1) is 0 Å². The minimum Gasteiger partial charge on any atom is -0.505 e. The van der Waals surface area contributed by atoms with E-state index in [0.29, 0.717) is 17.9 Å². The molecule has 0 fully saturated rings. The Bertz CT molecular complexity index is 1750. The summed E-state index contributed by atoms with van der Waals surface area (Å²) >= 11 is 0. The average molecular weight is 603 g/mol. The van der Waals surface area contributed by atoms with Crippen molar-refractivity contribution in [3.8, 4) is 22.9 Å². The number of fused-ring (bicyclic) bond motifs is 4. The third kappa shape index (κ3) is 6.91. The maximum absolute atomic E-state index is 14.1. The number of amides is 1. The van der Waals surface area contributed by atoms with Crippen LogP contribution in [-0.2, 0) is 16.6 Å². The molecule has 4 aromatic rings. The molecule has 4 bridgehead atoms. The second-order valence-electron chi connectivity index (χ2n) is 11.8. The van der Waals surface area contributed by atoms with Gasteiger partial charge in [0.1, 0.15) is 12.4 Å². The van der Waals surface area contributed by atoms with Crippen LogP contribution in [0.4, 0.5) is 5.95 Å². The predicted octanol–water partition coefficient (Wildman–Crippen LogP) is 4.90. The standard InChI is InChI=1S/C31H34N6O5S/c1-19-8-6-9-20(2)28(19)25-13-27-35-30(34-25)36-43(40,41)24-11-7-10-21(12-24)29(39)37(17-26-32-15-23(38)16-33-26)22(18-42-27)14-31(3,4)5/h6-13,15-16,22,38H,14,17-18H2,1-5H3,(H,34,35,36)/t22-/m1/s1. The highest BCUT2D eigenvalue weighted by atomic mass is 32.2. The lowest BCUT2D eigenvalue weighted by Crippen LogP contribution is -2.45. The maximum atomic E-state index is 14.1. The Hall–Kier alpha value is -4.58. The van der Waals surface area contributed by atoms with Crippen LogP contribution < -0.4 is 9.46 Å². The van der Waals surface area contributed by atoms with Gasteiger partial charge in [-0.1, -0.05) is 45.0 Å². The second kappa shape index (κ2) is 11.6. The van der Waals surface area contributed by atoms with Gasteiger partial charge >= 0.3 is 0 Å². The first-order chi connectivity index (χ1) is 20.3. The predicted molar refractivity (Wildman–Crippen MR) is 161 cm³/mol. The molecule has 11 nitrogen and oxygen atoms in total. The van der Waals surface area contributed by atoms with Crippen LogP contribution in [0.3, 0.4) is 0 Å². The summed E-state index contributed by atoms with van der Waals surface area (Å²) < 4.78 is 35.8. The SMILES string of the molecule is Cc1cccc(C)c1-c1cc2nc(n1)NS(=O)(=O)c1cccc(c1)C(=O)N(Cc1ncc(O)cn1)[C@H](CC(C)(C)C)CO2. The lowest BCUT2D eigenvalue weighted by atomic mass is 9.87. The summed E-state index contributed by atoms with van der Waals surface area (Å²) in [5.41, 5.74) is 3.21. The zero-order valence-electron chi connectivity index (χ0n) is 24.7. The summed E-state index contributed by atoms with van der Waals surface area (Å²) in [6, 6.07) is 12.9. The fraction of sp³-hybridized carbons (Fsp3) is 0.323. The number of aromatic hydroxyl groups is 1.